The number of nitrogens with zero attached hydrogens (tertiary/aromatic N) is 2. The highest BCUT2D eigenvalue weighted by molar-refractivity contribution is 6.30. The number of rotatable bonds is 3. The van der Waals surface area contributed by atoms with Gasteiger partial charge in [0.05, 0.1) is 17.4 Å². The molecule has 82 valence electrons. The van der Waals surface area contributed by atoms with Crippen molar-refractivity contribution in [2.24, 2.45) is 0 Å². The molecule has 0 amide bonds. The van der Waals surface area contributed by atoms with E-state index in [1.54, 1.807) is 0 Å². The molecule has 0 bridgehead atoms. The predicted molar refractivity (Wildman–Crippen MR) is 58.2 cm³/mol. The van der Waals surface area contributed by atoms with Crippen LogP contribution in [-0.4, -0.2) is 29.2 Å². The molecule has 1 atom stereocenters. The summed E-state index contributed by atoms with van der Waals surface area (Å²) in [5, 5.41) is 3.92. The zero-order chi connectivity index (χ0) is 10.5. The van der Waals surface area contributed by atoms with E-state index in [9.17, 15) is 0 Å². The summed E-state index contributed by atoms with van der Waals surface area (Å²) in [5.74, 6) is 0. The highest BCUT2D eigenvalue weighted by Gasteiger charge is 2.13. The van der Waals surface area contributed by atoms with E-state index in [2.05, 4.69) is 15.3 Å². The maximum atomic E-state index is 5.67. The Bertz CT molecular complexity index is 298. The summed E-state index contributed by atoms with van der Waals surface area (Å²) >= 11 is 5.67. The molecule has 2 rings (SSSR count). The molecular weight excluding hydrogens is 214 g/mol. The van der Waals surface area contributed by atoms with Crippen molar-refractivity contribution in [2.75, 3.05) is 13.2 Å². The van der Waals surface area contributed by atoms with Crippen molar-refractivity contribution in [3.8, 4) is 6.01 Å². The van der Waals surface area contributed by atoms with Gasteiger partial charge in [-0.1, -0.05) is 18.0 Å². The molecule has 0 aliphatic carbocycles. The Balaban J connectivity index is 1.79. The van der Waals surface area contributed by atoms with E-state index in [1.165, 1.54) is 25.2 Å². The van der Waals surface area contributed by atoms with Crippen LogP contribution < -0.4 is 10.1 Å². The standard InChI is InChI=1S/C10H14ClN3O/c11-8-5-13-10(14-6-8)15-7-9-3-1-2-4-12-9/h5-6,9,12H,1-4,7H2/t9-/m0/s1. The number of hydrogen-bond acceptors (Lipinski definition) is 4. The molecule has 1 aliphatic rings. The Morgan fingerprint density at radius 1 is 1.40 bits per heavy atom. The van der Waals surface area contributed by atoms with Gasteiger partial charge < -0.3 is 10.1 Å². The first-order chi connectivity index (χ1) is 7.34. The molecular formula is C10H14ClN3O. The van der Waals surface area contributed by atoms with Crippen molar-refractivity contribution in [3.05, 3.63) is 17.4 Å². The van der Waals surface area contributed by atoms with Crippen LogP contribution in [0.5, 0.6) is 6.01 Å². The Morgan fingerprint density at radius 2 is 2.20 bits per heavy atom. The van der Waals surface area contributed by atoms with E-state index in [0.717, 1.165) is 13.0 Å². The minimum Gasteiger partial charge on any atom is -0.462 e. The fourth-order valence-corrected chi connectivity index (χ4v) is 1.71. The quantitative estimate of drug-likeness (QED) is 0.853. The lowest BCUT2D eigenvalue weighted by Crippen LogP contribution is -2.38. The molecule has 0 radical (unpaired) electrons. The van der Waals surface area contributed by atoms with Crippen molar-refractivity contribution in [1.29, 1.82) is 0 Å². The van der Waals surface area contributed by atoms with E-state index >= 15 is 0 Å². The fraction of sp³-hybridized carbons (Fsp3) is 0.600. The van der Waals surface area contributed by atoms with Crippen molar-refractivity contribution in [1.82, 2.24) is 15.3 Å². The molecule has 0 aromatic carbocycles. The lowest BCUT2D eigenvalue weighted by Gasteiger charge is -2.22. The minimum absolute atomic E-state index is 0.395. The average molecular weight is 228 g/mol. The van der Waals surface area contributed by atoms with Gasteiger partial charge in [0.25, 0.3) is 0 Å². The molecule has 1 fully saturated rings. The predicted octanol–water partition coefficient (Wildman–Crippen LogP) is 1.65. The molecule has 0 spiro atoms. The molecule has 1 aromatic rings. The third-order valence-corrected chi connectivity index (χ3v) is 2.62. The maximum Gasteiger partial charge on any atom is 0.316 e. The SMILES string of the molecule is Clc1cnc(OC[C@@H]2CCCCN2)nc1. The van der Waals surface area contributed by atoms with Crippen molar-refractivity contribution in [2.45, 2.75) is 25.3 Å². The van der Waals surface area contributed by atoms with E-state index in [4.69, 9.17) is 16.3 Å². The highest BCUT2D eigenvalue weighted by atomic mass is 35.5. The number of halogens is 1. The van der Waals surface area contributed by atoms with Crippen LogP contribution in [0.4, 0.5) is 0 Å². The van der Waals surface area contributed by atoms with E-state index < -0.39 is 0 Å². The molecule has 0 unspecified atom stereocenters. The monoisotopic (exact) mass is 227 g/mol. The zero-order valence-corrected chi connectivity index (χ0v) is 9.20. The topological polar surface area (TPSA) is 47.0 Å². The second kappa shape index (κ2) is 5.28. The van der Waals surface area contributed by atoms with Gasteiger partial charge in [-0.2, -0.15) is 0 Å². The van der Waals surface area contributed by atoms with Crippen LogP contribution in [0.1, 0.15) is 19.3 Å². The minimum atomic E-state index is 0.395. The maximum absolute atomic E-state index is 5.67. The summed E-state index contributed by atoms with van der Waals surface area (Å²) < 4.78 is 5.46. The summed E-state index contributed by atoms with van der Waals surface area (Å²) in [6.07, 6.45) is 6.76. The van der Waals surface area contributed by atoms with Crippen LogP contribution in [-0.2, 0) is 0 Å². The molecule has 15 heavy (non-hydrogen) atoms. The van der Waals surface area contributed by atoms with Crippen LogP contribution >= 0.6 is 11.6 Å². The summed E-state index contributed by atoms with van der Waals surface area (Å²) in [7, 11) is 0. The Hall–Kier alpha value is -0.870. The van der Waals surface area contributed by atoms with Gasteiger partial charge in [0.1, 0.15) is 6.61 Å². The summed E-state index contributed by atoms with van der Waals surface area (Å²) in [6, 6.07) is 0.824. The molecule has 1 N–H and O–H groups in total. The third-order valence-electron chi connectivity index (χ3n) is 2.42. The van der Waals surface area contributed by atoms with Crippen LogP contribution in [0.25, 0.3) is 0 Å². The van der Waals surface area contributed by atoms with Gasteiger partial charge in [0.15, 0.2) is 0 Å². The van der Waals surface area contributed by atoms with Gasteiger partial charge in [-0.05, 0) is 19.4 Å². The first kappa shape index (κ1) is 10.6. The van der Waals surface area contributed by atoms with Gasteiger partial charge in [0.2, 0.25) is 0 Å². The number of nitrogens with one attached hydrogen (secondary N) is 1. The molecule has 5 heteroatoms. The zero-order valence-electron chi connectivity index (χ0n) is 8.45. The molecule has 0 saturated carbocycles. The number of piperidine rings is 1. The second-order valence-electron chi connectivity index (χ2n) is 3.64. The van der Waals surface area contributed by atoms with Crippen LogP contribution in [0, 0.1) is 0 Å². The summed E-state index contributed by atoms with van der Waals surface area (Å²) in [6.45, 7) is 1.71. The number of aromatic nitrogens is 2. The van der Waals surface area contributed by atoms with Crippen LogP contribution in [0.15, 0.2) is 12.4 Å². The lowest BCUT2D eigenvalue weighted by atomic mass is 10.1. The first-order valence-electron chi connectivity index (χ1n) is 5.18. The van der Waals surface area contributed by atoms with Crippen molar-refractivity contribution < 1.29 is 4.74 Å². The van der Waals surface area contributed by atoms with Crippen molar-refractivity contribution in [3.63, 3.8) is 0 Å². The highest BCUT2D eigenvalue weighted by Crippen LogP contribution is 2.10. The molecule has 1 saturated heterocycles. The summed E-state index contributed by atoms with van der Waals surface area (Å²) in [4.78, 5) is 7.94. The Morgan fingerprint density at radius 3 is 2.87 bits per heavy atom. The van der Waals surface area contributed by atoms with Gasteiger partial charge in [-0.25, -0.2) is 9.97 Å². The Kier molecular flexibility index (Phi) is 3.75. The van der Waals surface area contributed by atoms with Gasteiger partial charge in [-0.3, -0.25) is 0 Å². The molecule has 1 aliphatic heterocycles. The third kappa shape index (κ3) is 3.32. The van der Waals surface area contributed by atoms with Gasteiger partial charge in [-0.15, -0.1) is 0 Å². The normalized spacial score (nSPS) is 21.3. The molecule has 2 heterocycles. The number of hydrogen-bond donors (Lipinski definition) is 1. The average Bonchev–Trinajstić information content (AvgIpc) is 2.30. The second-order valence-corrected chi connectivity index (χ2v) is 4.08. The summed E-state index contributed by atoms with van der Waals surface area (Å²) in [5.41, 5.74) is 0. The van der Waals surface area contributed by atoms with Crippen LogP contribution in [0.2, 0.25) is 5.02 Å². The lowest BCUT2D eigenvalue weighted by molar-refractivity contribution is 0.224. The van der Waals surface area contributed by atoms with Gasteiger partial charge >= 0.3 is 6.01 Å². The number of ether oxygens (including phenoxy) is 1. The first-order valence-corrected chi connectivity index (χ1v) is 5.56. The molecule has 1 aromatic heterocycles. The largest absolute Gasteiger partial charge is 0.462 e. The smallest absolute Gasteiger partial charge is 0.316 e. The van der Waals surface area contributed by atoms with E-state index in [1.807, 2.05) is 0 Å². The van der Waals surface area contributed by atoms with E-state index in [-0.39, 0.29) is 0 Å². The fourth-order valence-electron chi connectivity index (χ4n) is 1.62. The van der Waals surface area contributed by atoms with Gasteiger partial charge in [0, 0.05) is 6.04 Å². The van der Waals surface area contributed by atoms with Crippen molar-refractivity contribution >= 4 is 11.6 Å². The van der Waals surface area contributed by atoms with Crippen LogP contribution in [0.3, 0.4) is 0 Å². The van der Waals surface area contributed by atoms with E-state index in [0.29, 0.717) is 23.7 Å². The molecule has 4 nitrogen and oxygen atoms in total. The Labute approximate surface area is 94.0 Å².